The summed E-state index contributed by atoms with van der Waals surface area (Å²) >= 11 is 5.96. The summed E-state index contributed by atoms with van der Waals surface area (Å²) in [5, 5.41) is 15.3. The van der Waals surface area contributed by atoms with Gasteiger partial charge in [0.05, 0.1) is 16.8 Å². The molecule has 3 aromatic rings. The van der Waals surface area contributed by atoms with Crippen molar-refractivity contribution >= 4 is 29.2 Å². The zero-order valence-electron chi connectivity index (χ0n) is 12.3. The first-order valence-electron chi connectivity index (χ1n) is 7.01. The number of non-ortho nitro benzene ring substituents is 1. The Hall–Kier alpha value is -3.12. The van der Waals surface area contributed by atoms with E-state index in [1.807, 2.05) is 24.3 Å². The molecule has 1 N–H and O–H groups in total. The maximum absolute atomic E-state index is 10.6. The Morgan fingerprint density at radius 2 is 1.92 bits per heavy atom. The minimum Gasteiger partial charge on any atom is -0.455 e. The highest BCUT2D eigenvalue weighted by atomic mass is 35.5. The quantitative estimate of drug-likeness (QED) is 0.404. The van der Waals surface area contributed by atoms with E-state index in [-0.39, 0.29) is 5.69 Å². The molecule has 0 spiro atoms. The van der Waals surface area contributed by atoms with Gasteiger partial charge in [-0.1, -0.05) is 23.7 Å². The summed E-state index contributed by atoms with van der Waals surface area (Å²) in [5.41, 5.74) is 4.33. The molecule has 0 radical (unpaired) electrons. The van der Waals surface area contributed by atoms with E-state index in [4.69, 9.17) is 16.0 Å². The first-order valence-corrected chi connectivity index (χ1v) is 7.39. The van der Waals surface area contributed by atoms with Gasteiger partial charge in [-0.3, -0.25) is 15.5 Å². The average Bonchev–Trinajstić information content (AvgIpc) is 3.04. The third-order valence-corrected chi connectivity index (χ3v) is 3.43. The summed E-state index contributed by atoms with van der Waals surface area (Å²) in [4.78, 5) is 10.1. The van der Waals surface area contributed by atoms with Gasteiger partial charge in [0.1, 0.15) is 11.5 Å². The molecule has 0 aliphatic rings. The number of halogens is 1. The van der Waals surface area contributed by atoms with Crippen molar-refractivity contribution in [3.05, 3.63) is 81.6 Å². The van der Waals surface area contributed by atoms with E-state index in [9.17, 15) is 10.1 Å². The first kappa shape index (κ1) is 15.8. The van der Waals surface area contributed by atoms with Crippen molar-refractivity contribution in [3.8, 4) is 11.3 Å². The van der Waals surface area contributed by atoms with E-state index in [1.165, 1.54) is 18.3 Å². The van der Waals surface area contributed by atoms with Crippen molar-refractivity contribution in [3.63, 3.8) is 0 Å². The van der Waals surface area contributed by atoms with Gasteiger partial charge < -0.3 is 4.42 Å². The summed E-state index contributed by atoms with van der Waals surface area (Å²) in [6.07, 6.45) is 1.52. The molecular weight excluding hydrogens is 330 g/mol. The van der Waals surface area contributed by atoms with E-state index in [0.29, 0.717) is 22.2 Å². The molecule has 0 fully saturated rings. The van der Waals surface area contributed by atoms with Gasteiger partial charge in [0.25, 0.3) is 5.69 Å². The Morgan fingerprint density at radius 1 is 1.12 bits per heavy atom. The van der Waals surface area contributed by atoms with Crippen LogP contribution in [-0.2, 0) is 0 Å². The molecule has 0 amide bonds. The fourth-order valence-corrected chi connectivity index (χ4v) is 2.24. The lowest BCUT2D eigenvalue weighted by Gasteiger charge is -1.99. The molecule has 0 atom stereocenters. The number of hydrogen-bond donors (Lipinski definition) is 1. The van der Waals surface area contributed by atoms with Crippen LogP contribution < -0.4 is 5.43 Å². The fraction of sp³-hybridized carbons (Fsp3) is 0. The van der Waals surface area contributed by atoms with Crippen molar-refractivity contribution in [2.75, 3.05) is 5.43 Å². The monoisotopic (exact) mass is 341 g/mol. The number of nitrogens with zero attached hydrogens (tertiary/aromatic N) is 2. The van der Waals surface area contributed by atoms with Crippen LogP contribution in [0.4, 0.5) is 11.4 Å². The van der Waals surface area contributed by atoms with Gasteiger partial charge in [-0.05, 0) is 36.4 Å². The van der Waals surface area contributed by atoms with Crippen molar-refractivity contribution in [2.45, 2.75) is 0 Å². The van der Waals surface area contributed by atoms with Crippen LogP contribution in [-0.4, -0.2) is 11.1 Å². The minimum atomic E-state index is -0.451. The van der Waals surface area contributed by atoms with E-state index in [0.717, 1.165) is 5.56 Å². The van der Waals surface area contributed by atoms with Crippen LogP contribution in [0.1, 0.15) is 5.76 Å². The molecule has 0 aliphatic heterocycles. The lowest BCUT2D eigenvalue weighted by Crippen LogP contribution is -1.91. The number of nitro benzene ring substituents is 1. The van der Waals surface area contributed by atoms with Crippen molar-refractivity contribution < 1.29 is 9.34 Å². The third kappa shape index (κ3) is 3.80. The van der Waals surface area contributed by atoms with Gasteiger partial charge >= 0.3 is 0 Å². The Morgan fingerprint density at radius 3 is 2.62 bits per heavy atom. The summed E-state index contributed by atoms with van der Waals surface area (Å²) in [6.45, 7) is 0. The maximum atomic E-state index is 10.6. The Bertz CT molecular complexity index is 888. The lowest BCUT2D eigenvalue weighted by molar-refractivity contribution is -0.384. The molecule has 1 heterocycles. The van der Waals surface area contributed by atoms with Gasteiger partial charge in [-0.2, -0.15) is 5.10 Å². The minimum absolute atomic E-state index is 0.0294. The van der Waals surface area contributed by atoms with Gasteiger partial charge in [-0.15, -0.1) is 0 Å². The topological polar surface area (TPSA) is 80.7 Å². The van der Waals surface area contributed by atoms with Gasteiger partial charge in [-0.25, -0.2) is 0 Å². The number of hydrazone groups is 1. The predicted molar refractivity (Wildman–Crippen MR) is 93.5 cm³/mol. The zero-order chi connectivity index (χ0) is 16.9. The van der Waals surface area contributed by atoms with E-state index in [2.05, 4.69) is 10.5 Å². The summed E-state index contributed by atoms with van der Waals surface area (Å²) in [6, 6.07) is 17.0. The van der Waals surface area contributed by atoms with Crippen LogP contribution in [0.15, 0.2) is 70.2 Å². The van der Waals surface area contributed by atoms with Crippen molar-refractivity contribution in [1.82, 2.24) is 0 Å². The lowest BCUT2D eigenvalue weighted by atomic mass is 10.2. The molecule has 0 aliphatic carbocycles. The second-order valence-corrected chi connectivity index (χ2v) is 5.32. The highest BCUT2D eigenvalue weighted by molar-refractivity contribution is 6.30. The number of furan rings is 1. The number of rotatable bonds is 5. The second-order valence-electron chi connectivity index (χ2n) is 4.89. The van der Waals surface area contributed by atoms with Crippen LogP contribution in [0.3, 0.4) is 0 Å². The van der Waals surface area contributed by atoms with Crippen molar-refractivity contribution in [1.29, 1.82) is 0 Å². The molecule has 0 saturated heterocycles. The van der Waals surface area contributed by atoms with Crippen molar-refractivity contribution in [2.24, 2.45) is 5.10 Å². The van der Waals surface area contributed by atoms with Crippen LogP contribution >= 0.6 is 11.6 Å². The van der Waals surface area contributed by atoms with Crippen LogP contribution in [0.25, 0.3) is 11.3 Å². The SMILES string of the molecule is O=[N+]([O-])c1ccc(N/N=C/c2ccc(-c3cccc(Cl)c3)o2)cc1. The third-order valence-electron chi connectivity index (χ3n) is 3.20. The maximum Gasteiger partial charge on any atom is 0.269 e. The number of nitrogens with one attached hydrogen (secondary N) is 1. The van der Waals surface area contributed by atoms with Crippen LogP contribution in [0, 0.1) is 10.1 Å². The zero-order valence-corrected chi connectivity index (χ0v) is 13.1. The summed E-state index contributed by atoms with van der Waals surface area (Å²) in [5.74, 6) is 1.26. The number of hydrogen-bond acceptors (Lipinski definition) is 5. The fourth-order valence-electron chi connectivity index (χ4n) is 2.05. The smallest absolute Gasteiger partial charge is 0.269 e. The Labute approximate surface area is 142 Å². The number of nitro groups is 1. The Kier molecular flexibility index (Phi) is 4.58. The average molecular weight is 342 g/mol. The largest absolute Gasteiger partial charge is 0.455 e. The highest BCUT2D eigenvalue weighted by Crippen LogP contribution is 2.24. The molecule has 0 saturated carbocycles. The van der Waals surface area contributed by atoms with Gasteiger partial charge in [0.15, 0.2) is 0 Å². The molecule has 1 aromatic heterocycles. The molecular formula is C17H12ClN3O3. The standard InChI is InChI=1S/C17H12ClN3O3/c18-13-3-1-2-12(10-13)17-9-8-16(24-17)11-19-20-14-4-6-15(7-5-14)21(22)23/h1-11,20H/b19-11+. The molecule has 24 heavy (non-hydrogen) atoms. The molecule has 0 unspecified atom stereocenters. The number of anilines is 1. The van der Waals surface area contributed by atoms with Crippen LogP contribution in [0.2, 0.25) is 5.02 Å². The molecule has 120 valence electrons. The molecule has 6 nitrogen and oxygen atoms in total. The van der Waals surface area contributed by atoms with E-state index >= 15 is 0 Å². The summed E-state index contributed by atoms with van der Waals surface area (Å²) in [7, 11) is 0. The van der Waals surface area contributed by atoms with Gasteiger partial charge in [0, 0.05) is 22.7 Å². The normalized spacial score (nSPS) is 10.9. The first-order chi connectivity index (χ1) is 11.6. The molecule has 3 rings (SSSR count). The second kappa shape index (κ2) is 6.97. The highest BCUT2D eigenvalue weighted by Gasteiger charge is 2.05. The molecule has 2 aromatic carbocycles. The van der Waals surface area contributed by atoms with E-state index < -0.39 is 4.92 Å². The Balaban J connectivity index is 1.66. The van der Waals surface area contributed by atoms with Gasteiger partial charge in [0.2, 0.25) is 0 Å². The molecule has 0 bridgehead atoms. The van der Waals surface area contributed by atoms with Crippen LogP contribution in [0.5, 0.6) is 0 Å². The summed E-state index contributed by atoms with van der Waals surface area (Å²) < 4.78 is 5.68. The van der Waals surface area contributed by atoms with E-state index in [1.54, 1.807) is 24.3 Å². The predicted octanol–water partition coefficient (Wildman–Crippen LogP) is 4.95. The molecule has 7 heteroatoms. The number of benzene rings is 2.